The Labute approximate surface area is 122 Å². The Bertz CT molecular complexity index is 575. The molecule has 0 aliphatic rings. The van der Waals surface area contributed by atoms with E-state index in [-0.39, 0.29) is 0 Å². The summed E-state index contributed by atoms with van der Waals surface area (Å²) < 4.78 is 12.3. The summed E-state index contributed by atoms with van der Waals surface area (Å²) in [5.74, 6) is 0.955. The maximum atomic E-state index is 6.00. The van der Waals surface area contributed by atoms with Gasteiger partial charge in [0.05, 0.1) is 17.6 Å². The van der Waals surface area contributed by atoms with E-state index in [4.69, 9.17) is 9.15 Å². The number of fused-ring (bicyclic) bond motifs is 1. The van der Waals surface area contributed by atoms with Gasteiger partial charge in [0, 0.05) is 24.1 Å². The van der Waals surface area contributed by atoms with Crippen LogP contribution in [0.15, 0.2) is 21.0 Å². The van der Waals surface area contributed by atoms with E-state index in [2.05, 4.69) is 54.2 Å². The molecular formula is C15H20BrNO2. The van der Waals surface area contributed by atoms with Crippen molar-refractivity contribution in [3.8, 4) is 0 Å². The van der Waals surface area contributed by atoms with Crippen LogP contribution < -0.4 is 5.32 Å². The van der Waals surface area contributed by atoms with Gasteiger partial charge in [-0.15, -0.1) is 0 Å². The molecule has 1 heterocycles. The average molecular weight is 326 g/mol. The van der Waals surface area contributed by atoms with E-state index in [1.54, 1.807) is 7.11 Å². The maximum Gasteiger partial charge on any atom is 0.148 e. The fraction of sp³-hybridized carbons (Fsp3) is 0.467. The fourth-order valence-electron chi connectivity index (χ4n) is 2.13. The number of hydrogen-bond donors (Lipinski definition) is 1. The first-order chi connectivity index (χ1) is 9.02. The number of furan rings is 1. The summed E-state index contributed by atoms with van der Waals surface area (Å²) in [5.41, 5.74) is 3.24. The summed E-state index contributed by atoms with van der Waals surface area (Å²) in [6, 6.07) is 4.65. The van der Waals surface area contributed by atoms with Gasteiger partial charge < -0.3 is 14.5 Å². The van der Waals surface area contributed by atoms with Crippen molar-refractivity contribution in [3.05, 3.63) is 33.5 Å². The standard InChI is InChI=1S/C15H20BrNO2/c1-9(2)17-7-14-12(8-18-4)11-5-10(3)6-13(16)15(11)19-14/h5-6,9,17H,7-8H2,1-4H3. The van der Waals surface area contributed by atoms with Crippen LogP contribution in [0, 0.1) is 6.92 Å². The monoisotopic (exact) mass is 325 g/mol. The predicted octanol–water partition coefficient (Wildman–Crippen LogP) is 4.15. The first-order valence-corrected chi connectivity index (χ1v) is 7.25. The normalized spacial score (nSPS) is 11.7. The van der Waals surface area contributed by atoms with Gasteiger partial charge in [0.25, 0.3) is 0 Å². The van der Waals surface area contributed by atoms with E-state index in [9.17, 15) is 0 Å². The second-order valence-corrected chi connectivity index (χ2v) is 5.95. The third-order valence-electron chi connectivity index (χ3n) is 3.03. The second kappa shape index (κ2) is 6.07. The van der Waals surface area contributed by atoms with Crippen molar-refractivity contribution in [3.63, 3.8) is 0 Å². The Balaban J connectivity index is 2.50. The van der Waals surface area contributed by atoms with E-state index >= 15 is 0 Å². The minimum absolute atomic E-state index is 0.425. The molecule has 0 aliphatic carbocycles. The summed E-state index contributed by atoms with van der Waals surface area (Å²) >= 11 is 3.57. The lowest BCUT2D eigenvalue weighted by molar-refractivity contribution is 0.183. The van der Waals surface area contributed by atoms with Crippen LogP contribution in [0.25, 0.3) is 11.0 Å². The average Bonchev–Trinajstić information content (AvgIpc) is 2.66. The first-order valence-electron chi connectivity index (χ1n) is 6.45. The van der Waals surface area contributed by atoms with Gasteiger partial charge in [0.1, 0.15) is 11.3 Å². The third-order valence-corrected chi connectivity index (χ3v) is 3.62. The molecule has 0 unspecified atom stereocenters. The molecule has 4 heteroatoms. The molecule has 0 bridgehead atoms. The number of halogens is 1. The lowest BCUT2D eigenvalue weighted by Crippen LogP contribution is -2.22. The van der Waals surface area contributed by atoms with Crippen LogP contribution in [0.1, 0.15) is 30.7 Å². The Morgan fingerprint density at radius 2 is 2.11 bits per heavy atom. The Morgan fingerprint density at radius 3 is 2.74 bits per heavy atom. The minimum Gasteiger partial charge on any atom is -0.458 e. The highest BCUT2D eigenvalue weighted by molar-refractivity contribution is 9.10. The van der Waals surface area contributed by atoms with Gasteiger partial charge in [-0.3, -0.25) is 0 Å². The number of hydrogen-bond acceptors (Lipinski definition) is 3. The molecule has 0 spiro atoms. The summed E-state index contributed by atoms with van der Waals surface area (Å²) in [7, 11) is 1.71. The third kappa shape index (κ3) is 3.19. The predicted molar refractivity (Wildman–Crippen MR) is 81.3 cm³/mol. The van der Waals surface area contributed by atoms with E-state index in [1.165, 1.54) is 5.56 Å². The number of methoxy groups -OCH3 is 1. The number of aryl methyl sites for hydroxylation is 1. The van der Waals surface area contributed by atoms with Crippen molar-refractivity contribution in [2.75, 3.05) is 7.11 Å². The topological polar surface area (TPSA) is 34.4 Å². The molecule has 0 atom stereocenters. The fourth-order valence-corrected chi connectivity index (χ4v) is 2.79. The van der Waals surface area contributed by atoms with E-state index in [0.29, 0.717) is 12.6 Å². The molecular weight excluding hydrogens is 306 g/mol. The Kier molecular flexibility index (Phi) is 4.66. The lowest BCUT2D eigenvalue weighted by atomic mass is 10.1. The van der Waals surface area contributed by atoms with Crippen molar-refractivity contribution in [1.82, 2.24) is 5.32 Å². The maximum absolute atomic E-state index is 6.00. The number of benzene rings is 1. The second-order valence-electron chi connectivity index (χ2n) is 5.10. The van der Waals surface area contributed by atoms with Gasteiger partial charge in [0.15, 0.2) is 0 Å². The van der Waals surface area contributed by atoms with Crippen LogP contribution in [-0.4, -0.2) is 13.2 Å². The molecule has 1 N–H and O–H groups in total. The minimum atomic E-state index is 0.425. The Hall–Kier alpha value is -0.840. The molecule has 2 aromatic rings. The highest BCUT2D eigenvalue weighted by Gasteiger charge is 2.16. The number of ether oxygens (including phenoxy) is 1. The van der Waals surface area contributed by atoms with E-state index in [1.807, 2.05) is 0 Å². The zero-order chi connectivity index (χ0) is 14.0. The molecule has 0 fully saturated rings. The summed E-state index contributed by atoms with van der Waals surface area (Å²) in [6.07, 6.45) is 0. The van der Waals surface area contributed by atoms with E-state index < -0.39 is 0 Å². The van der Waals surface area contributed by atoms with Gasteiger partial charge in [-0.1, -0.05) is 13.8 Å². The molecule has 0 radical (unpaired) electrons. The number of rotatable bonds is 5. The first kappa shape index (κ1) is 14.6. The van der Waals surface area contributed by atoms with Gasteiger partial charge in [0.2, 0.25) is 0 Å². The van der Waals surface area contributed by atoms with Crippen molar-refractivity contribution >= 4 is 26.9 Å². The van der Waals surface area contributed by atoms with Gasteiger partial charge in [-0.05, 0) is 40.5 Å². The summed E-state index contributed by atoms with van der Waals surface area (Å²) in [5, 5.41) is 4.52. The van der Waals surface area contributed by atoms with Crippen LogP contribution in [0.5, 0.6) is 0 Å². The zero-order valence-electron chi connectivity index (χ0n) is 11.8. The Morgan fingerprint density at radius 1 is 1.37 bits per heavy atom. The summed E-state index contributed by atoms with van der Waals surface area (Å²) in [4.78, 5) is 0. The molecule has 19 heavy (non-hydrogen) atoms. The van der Waals surface area contributed by atoms with Crippen LogP contribution >= 0.6 is 15.9 Å². The van der Waals surface area contributed by atoms with Crippen molar-refractivity contribution in [2.24, 2.45) is 0 Å². The van der Waals surface area contributed by atoms with Gasteiger partial charge >= 0.3 is 0 Å². The quantitative estimate of drug-likeness (QED) is 0.896. The van der Waals surface area contributed by atoms with Crippen molar-refractivity contribution in [2.45, 2.75) is 40.0 Å². The largest absolute Gasteiger partial charge is 0.458 e. The highest BCUT2D eigenvalue weighted by Crippen LogP contribution is 2.33. The molecule has 0 aliphatic heterocycles. The molecule has 104 valence electrons. The van der Waals surface area contributed by atoms with Gasteiger partial charge in [-0.2, -0.15) is 0 Å². The SMILES string of the molecule is COCc1c(CNC(C)C)oc2c(Br)cc(C)cc12. The molecule has 1 aromatic carbocycles. The van der Waals surface area contributed by atoms with Crippen LogP contribution in [0.2, 0.25) is 0 Å². The van der Waals surface area contributed by atoms with Crippen molar-refractivity contribution in [1.29, 1.82) is 0 Å². The molecule has 0 amide bonds. The van der Waals surface area contributed by atoms with Crippen molar-refractivity contribution < 1.29 is 9.15 Å². The van der Waals surface area contributed by atoms with E-state index in [0.717, 1.165) is 33.3 Å². The molecule has 0 saturated heterocycles. The zero-order valence-corrected chi connectivity index (χ0v) is 13.4. The summed E-state index contributed by atoms with van der Waals surface area (Å²) in [6.45, 7) is 7.62. The smallest absolute Gasteiger partial charge is 0.148 e. The number of nitrogens with one attached hydrogen (secondary N) is 1. The molecule has 1 aromatic heterocycles. The lowest BCUT2D eigenvalue weighted by Gasteiger charge is -2.07. The molecule has 3 nitrogen and oxygen atoms in total. The van der Waals surface area contributed by atoms with Crippen LogP contribution in [0.3, 0.4) is 0 Å². The molecule has 2 rings (SSSR count). The highest BCUT2D eigenvalue weighted by atomic mass is 79.9. The molecule has 0 saturated carbocycles. The van der Waals surface area contributed by atoms with Crippen LogP contribution in [-0.2, 0) is 17.9 Å². The van der Waals surface area contributed by atoms with Crippen LogP contribution in [0.4, 0.5) is 0 Å². The van der Waals surface area contributed by atoms with Gasteiger partial charge in [-0.25, -0.2) is 0 Å².